The molecule has 0 bridgehead atoms. The van der Waals surface area contributed by atoms with E-state index in [1.165, 1.54) is 4.88 Å². The van der Waals surface area contributed by atoms with Crippen molar-refractivity contribution in [1.29, 1.82) is 0 Å². The van der Waals surface area contributed by atoms with Crippen LogP contribution in [0.3, 0.4) is 0 Å². The van der Waals surface area contributed by atoms with E-state index >= 15 is 0 Å². The molecule has 1 heterocycles. The Labute approximate surface area is 114 Å². The zero-order chi connectivity index (χ0) is 12.7. The number of hydrogen-bond donors (Lipinski definition) is 1. The molecule has 0 atom stereocenters. The molecule has 0 amide bonds. The van der Waals surface area contributed by atoms with E-state index in [1.54, 1.807) is 25.2 Å². The summed E-state index contributed by atoms with van der Waals surface area (Å²) in [6.45, 7) is 4.90. The van der Waals surface area contributed by atoms with Gasteiger partial charge >= 0.3 is 7.75 Å². The Morgan fingerprint density at radius 3 is 2.47 bits per heavy atom. The smallest absolute Gasteiger partial charge is 0.297 e. The maximum atomic E-state index is 12.0. The Bertz CT molecular complexity index is 375. The largest absolute Gasteiger partial charge is 0.405 e. The van der Waals surface area contributed by atoms with E-state index in [9.17, 15) is 4.57 Å². The summed E-state index contributed by atoms with van der Waals surface area (Å²) in [5, 5.41) is 2.86. The second kappa shape index (κ2) is 7.67. The van der Waals surface area contributed by atoms with Gasteiger partial charge in [0, 0.05) is 11.4 Å². The van der Waals surface area contributed by atoms with Gasteiger partial charge in [-0.1, -0.05) is 0 Å². The molecule has 17 heavy (non-hydrogen) atoms. The molecule has 0 radical (unpaired) electrons. The summed E-state index contributed by atoms with van der Waals surface area (Å²) in [6, 6.07) is 4.05. The molecule has 0 saturated carbocycles. The quantitative estimate of drug-likeness (QED) is 0.730. The fourth-order valence-corrected chi connectivity index (χ4v) is 4.08. The highest BCUT2D eigenvalue weighted by Crippen LogP contribution is 2.43. The Kier molecular flexibility index (Phi) is 6.92. The predicted octanol–water partition coefficient (Wildman–Crippen LogP) is 3.82. The van der Waals surface area contributed by atoms with Crippen LogP contribution in [0.1, 0.15) is 18.7 Å². The zero-order valence-corrected chi connectivity index (χ0v) is 13.2. The van der Waals surface area contributed by atoms with E-state index in [1.807, 2.05) is 12.1 Å². The summed E-state index contributed by atoms with van der Waals surface area (Å²) in [5.41, 5.74) is 0. The third-order valence-electron chi connectivity index (χ3n) is 1.90. The van der Waals surface area contributed by atoms with Gasteiger partial charge in [0.05, 0.1) is 17.0 Å². The topological polar surface area (TPSA) is 47.6 Å². The molecule has 0 unspecified atom stereocenters. The van der Waals surface area contributed by atoms with Crippen molar-refractivity contribution in [2.75, 3.05) is 19.8 Å². The van der Waals surface area contributed by atoms with Gasteiger partial charge in [-0.3, -0.25) is 9.05 Å². The average molecular weight is 342 g/mol. The molecule has 7 heteroatoms. The van der Waals surface area contributed by atoms with Crippen molar-refractivity contribution >= 4 is 35.0 Å². The van der Waals surface area contributed by atoms with Crippen LogP contribution < -0.4 is 5.09 Å². The fraction of sp³-hybridized carbons (Fsp3) is 0.600. The molecular formula is C10H17BrNO3PS. The van der Waals surface area contributed by atoms with E-state index in [4.69, 9.17) is 9.05 Å². The molecule has 98 valence electrons. The van der Waals surface area contributed by atoms with Crippen molar-refractivity contribution < 1.29 is 13.6 Å². The van der Waals surface area contributed by atoms with Gasteiger partial charge in [0.25, 0.3) is 0 Å². The number of nitrogens with one attached hydrogen (secondary N) is 1. The Morgan fingerprint density at radius 2 is 2.00 bits per heavy atom. The highest BCUT2D eigenvalue weighted by Gasteiger charge is 2.22. The lowest BCUT2D eigenvalue weighted by molar-refractivity contribution is 0.211. The van der Waals surface area contributed by atoms with Crippen molar-refractivity contribution in [3.63, 3.8) is 0 Å². The van der Waals surface area contributed by atoms with Crippen LogP contribution in [0.2, 0.25) is 0 Å². The standard InChI is InChI=1S/C10H17BrNO3PS/c1-3-14-16(13,15-4-2)12-8-7-9-5-6-10(11)17-9/h5-6H,3-4,7-8H2,1-2H3,(H,12,13). The molecule has 0 aliphatic rings. The molecule has 0 aliphatic carbocycles. The molecule has 0 fully saturated rings. The van der Waals surface area contributed by atoms with Crippen molar-refractivity contribution in [1.82, 2.24) is 5.09 Å². The summed E-state index contributed by atoms with van der Waals surface area (Å²) in [4.78, 5) is 1.23. The molecule has 0 spiro atoms. The molecule has 0 aromatic carbocycles. The van der Waals surface area contributed by atoms with E-state index < -0.39 is 7.75 Å². The van der Waals surface area contributed by atoms with Gasteiger partial charge in [0.1, 0.15) is 0 Å². The summed E-state index contributed by atoms with van der Waals surface area (Å²) in [7, 11) is -3.11. The molecule has 1 aromatic heterocycles. The number of rotatable bonds is 8. The molecule has 0 saturated heterocycles. The van der Waals surface area contributed by atoms with Gasteiger partial charge in [-0.15, -0.1) is 11.3 Å². The van der Waals surface area contributed by atoms with Crippen LogP contribution in [0.5, 0.6) is 0 Å². The highest BCUT2D eigenvalue weighted by atomic mass is 79.9. The van der Waals surface area contributed by atoms with Gasteiger partial charge in [-0.2, -0.15) is 0 Å². The third kappa shape index (κ3) is 5.64. The molecule has 1 aromatic rings. The average Bonchev–Trinajstić information content (AvgIpc) is 2.65. The van der Waals surface area contributed by atoms with Gasteiger partial charge < -0.3 is 0 Å². The molecule has 1 N–H and O–H groups in total. The maximum Gasteiger partial charge on any atom is 0.405 e. The molecular weight excluding hydrogens is 325 g/mol. The van der Waals surface area contributed by atoms with E-state index in [0.717, 1.165) is 10.2 Å². The lowest BCUT2D eigenvalue weighted by atomic mass is 10.3. The first kappa shape index (κ1) is 15.3. The van der Waals surface area contributed by atoms with Gasteiger partial charge in [0.2, 0.25) is 0 Å². The molecule has 0 aliphatic heterocycles. The number of halogens is 1. The first-order chi connectivity index (χ1) is 8.09. The Hall–Kier alpha value is 0.290. The summed E-state index contributed by atoms with van der Waals surface area (Å²) in [6.07, 6.45) is 0.806. The van der Waals surface area contributed by atoms with Crippen molar-refractivity contribution in [3.05, 3.63) is 20.8 Å². The SMILES string of the molecule is CCOP(=O)(NCCc1ccc(Br)s1)OCC. The van der Waals surface area contributed by atoms with Crippen molar-refractivity contribution in [2.24, 2.45) is 0 Å². The first-order valence-electron chi connectivity index (χ1n) is 5.48. The van der Waals surface area contributed by atoms with Crippen molar-refractivity contribution in [3.8, 4) is 0 Å². The minimum Gasteiger partial charge on any atom is -0.297 e. The van der Waals surface area contributed by atoms with Crippen LogP contribution in [0, 0.1) is 0 Å². The highest BCUT2D eigenvalue weighted by molar-refractivity contribution is 9.11. The number of thiophene rings is 1. The van der Waals surface area contributed by atoms with Crippen LogP contribution in [0.25, 0.3) is 0 Å². The molecule has 1 rings (SSSR count). The van der Waals surface area contributed by atoms with Crippen LogP contribution in [0.15, 0.2) is 15.9 Å². The van der Waals surface area contributed by atoms with Gasteiger partial charge in [-0.05, 0) is 48.3 Å². The Morgan fingerprint density at radius 1 is 1.35 bits per heavy atom. The fourth-order valence-electron chi connectivity index (χ4n) is 1.27. The van der Waals surface area contributed by atoms with Crippen LogP contribution >= 0.6 is 35.0 Å². The van der Waals surface area contributed by atoms with Crippen LogP contribution in [0.4, 0.5) is 0 Å². The second-order valence-electron chi connectivity index (χ2n) is 3.20. The first-order valence-corrected chi connectivity index (χ1v) is 8.63. The minimum atomic E-state index is -3.11. The van der Waals surface area contributed by atoms with E-state index in [-0.39, 0.29) is 0 Å². The van der Waals surface area contributed by atoms with Crippen molar-refractivity contribution in [2.45, 2.75) is 20.3 Å². The Balaban J connectivity index is 2.39. The maximum absolute atomic E-state index is 12.0. The lowest BCUT2D eigenvalue weighted by Crippen LogP contribution is -2.17. The van der Waals surface area contributed by atoms with Crippen LogP contribution in [-0.4, -0.2) is 19.8 Å². The van der Waals surface area contributed by atoms with E-state index in [2.05, 4.69) is 21.0 Å². The normalized spacial score (nSPS) is 11.9. The third-order valence-corrected chi connectivity index (χ3v) is 5.39. The number of hydrogen-bond acceptors (Lipinski definition) is 4. The molecule has 4 nitrogen and oxygen atoms in total. The van der Waals surface area contributed by atoms with E-state index in [0.29, 0.717) is 19.8 Å². The van der Waals surface area contributed by atoms with Gasteiger partial charge in [-0.25, -0.2) is 9.65 Å². The summed E-state index contributed by atoms with van der Waals surface area (Å²) >= 11 is 5.08. The minimum absolute atomic E-state index is 0.370. The lowest BCUT2D eigenvalue weighted by Gasteiger charge is -2.17. The zero-order valence-electron chi connectivity index (χ0n) is 9.94. The summed E-state index contributed by atoms with van der Waals surface area (Å²) in [5.74, 6) is 0. The second-order valence-corrected chi connectivity index (χ2v) is 7.57. The monoisotopic (exact) mass is 341 g/mol. The summed E-state index contributed by atoms with van der Waals surface area (Å²) < 4.78 is 23.4. The van der Waals surface area contributed by atoms with Crippen LogP contribution in [-0.2, 0) is 20.0 Å². The van der Waals surface area contributed by atoms with Gasteiger partial charge in [0.15, 0.2) is 0 Å². The predicted molar refractivity (Wildman–Crippen MR) is 74.6 cm³/mol.